The molecule has 6 nitrogen and oxygen atoms in total. The lowest BCUT2D eigenvalue weighted by atomic mass is 10.1. The lowest BCUT2D eigenvalue weighted by Crippen LogP contribution is -2.53. The van der Waals surface area contributed by atoms with Crippen molar-refractivity contribution in [2.45, 2.75) is 19.5 Å². The number of hydrogen-bond donors (Lipinski definition) is 2. The van der Waals surface area contributed by atoms with Gasteiger partial charge in [-0.25, -0.2) is 4.79 Å². The zero-order chi connectivity index (χ0) is 16.0. The highest BCUT2D eigenvalue weighted by Gasteiger charge is 2.32. The fourth-order valence-electron chi connectivity index (χ4n) is 1.99. The SMILES string of the molecule is CC(CCNC(=O)N1CCN(CC(F)(F)F)CC1)C(=O)O. The summed E-state index contributed by atoms with van der Waals surface area (Å²) in [6.45, 7) is 1.64. The highest BCUT2D eigenvalue weighted by molar-refractivity contribution is 5.74. The highest BCUT2D eigenvalue weighted by atomic mass is 19.4. The van der Waals surface area contributed by atoms with Gasteiger partial charge in [-0.3, -0.25) is 9.69 Å². The van der Waals surface area contributed by atoms with Crippen LogP contribution in [0.2, 0.25) is 0 Å². The highest BCUT2D eigenvalue weighted by Crippen LogP contribution is 2.17. The molecule has 1 aliphatic rings. The van der Waals surface area contributed by atoms with Crippen LogP contribution in [0.25, 0.3) is 0 Å². The van der Waals surface area contributed by atoms with Crippen LogP contribution < -0.4 is 5.32 Å². The van der Waals surface area contributed by atoms with Crippen molar-refractivity contribution in [2.24, 2.45) is 5.92 Å². The van der Waals surface area contributed by atoms with Gasteiger partial charge >= 0.3 is 18.2 Å². The smallest absolute Gasteiger partial charge is 0.401 e. The molecular weight excluding hydrogens is 291 g/mol. The predicted molar refractivity (Wildman–Crippen MR) is 68.9 cm³/mol. The average molecular weight is 311 g/mol. The van der Waals surface area contributed by atoms with Gasteiger partial charge in [0.15, 0.2) is 0 Å². The Bertz CT molecular complexity index is 368. The fourth-order valence-corrected chi connectivity index (χ4v) is 1.99. The van der Waals surface area contributed by atoms with Crippen molar-refractivity contribution >= 4 is 12.0 Å². The number of nitrogens with zero attached hydrogens (tertiary/aromatic N) is 2. The molecule has 1 unspecified atom stereocenters. The molecule has 0 aliphatic carbocycles. The quantitative estimate of drug-likeness (QED) is 0.794. The normalized spacial score (nSPS) is 18.4. The van der Waals surface area contributed by atoms with Crippen molar-refractivity contribution in [1.29, 1.82) is 0 Å². The first-order chi connectivity index (χ1) is 9.69. The van der Waals surface area contributed by atoms with Gasteiger partial charge in [0.1, 0.15) is 0 Å². The lowest BCUT2D eigenvalue weighted by molar-refractivity contribution is -0.148. The minimum atomic E-state index is -4.22. The largest absolute Gasteiger partial charge is 0.481 e. The first-order valence-electron chi connectivity index (χ1n) is 6.73. The number of carbonyl (C=O) groups excluding carboxylic acids is 1. The molecule has 0 saturated carbocycles. The van der Waals surface area contributed by atoms with E-state index in [0.29, 0.717) is 6.42 Å². The predicted octanol–water partition coefficient (Wildman–Crippen LogP) is 0.987. The fraction of sp³-hybridized carbons (Fsp3) is 0.833. The second kappa shape index (κ2) is 7.48. The summed E-state index contributed by atoms with van der Waals surface area (Å²) in [6, 6.07) is -0.362. The Balaban J connectivity index is 2.24. The van der Waals surface area contributed by atoms with Gasteiger partial charge in [0.25, 0.3) is 0 Å². The van der Waals surface area contributed by atoms with Crippen LogP contribution in [0.15, 0.2) is 0 Å². The Morgan fingerprint density at radius 3 is 2.29 bits per heavy atom. The van der Waals surface area contributed by atoms with Crippen molar-refractivity contribution < 1.29 is 27.9 Å². The monoisotopic (exact) mass is 311 g/mol. The maximum absolute atomic E-state index is 12.2. The molecule has 0 spiro atoms. The van der Waals surface area contributed by atoms with Crippen LogP contribution in [0.5, 0.6) is 0 Å². The zero-order valence-electron chi connectivity index (χ0n) is 11.8. The summed E-state index contributed by atoms with van der Waals surface area (Å²) in [7, 11) is 0. The molecule has 0 radical (unpaired) electrons. The maximum Gasteiger partial charge on any atom is 0.401 e. The number of hydrogen-bond acceptors (Lipinski definition) is 3. The van der Waals surface area contributed by atoms with Crippen molar-refractivity contribution in [3.05, 3.63) is 0 Å². The van der Waals surface area contributed by atoms with E-state index in [0.717, 1.165) is 0 Å². The van der Waals surface area contributed by atoms with Crippen LogP contribution >= 0.6 is 0 Å². The number of carboxylic acids is 1. The van der Waals surface area contributed by atoms with Gasteiger partial charge in [-0.05, 0) is 6.42 Å². The molecule has 0 aromatic heterocycles. The van der Waals surface area contributed by atoms with Gasteiger partial charge in [0.05, 0.1) is 12.5 Å². The van der Waals surface area contributed by atoms with E-state index in [-0.39, 0.29) is 38.8 Å². The molecule has 1 rings (SSSR count). The number of carbonyl (C=O) groups is 2. The third-order valence-electron chi connectivity index (χ3n) is 3.34. The Labute approximate surface area is 120 Å². The van der Waals surface area contributed by atoms with Gasteiger partial charge in [0.2, 0.25) is 0 Å². The Hall–Kier alpha value is -1.51. The van der Waals surface area contributed by atoms with Crippen LogP contribution in [0.3, 0.4) is 0 Å². The van der Waals surface area contributed by atoms with E-state index in [2.05, 4.69) is 5.32 Å². The number of carboxylic acid groups (broad SMARTS) is 1. The topological polar surface area (TPSA) is 72.9 Å². The number of aliphatic carboxylic acids is 1. The summed E-state index contributed by atoms with van der Waals surface area (Å²) in [5.41, 5.74) is 0. The Morgan fingerprint density at radius 1 is 1.24 bits per heavy atom. The molecule has 1 heterocycles. The molecule has 9 heteroatoms. The van der Waals surface area contributed by atoms with Gasteiger partial charge in [0, 0.05) is 32.7 Å². The van der Waals surface area contributed by atoms with E-state index in [1.165, 1.54) is 9.80 Å². The van der Waals surface area contributed by atoms with E-state index in [1.807, 2.05) is 0 Å². The molecule has 1 atom stereocenters. The van der Waals surface area contributed by atoms with Crippen LogP contribution in [-0.2, 0) is 4.79 Å². The number of amides is 2. The Kier molecular flexibility index (Phi) is 6.25. The van der Waals surface area contributed by atoms with Gasteiger partial charge in [-0.1, -0.05) is 6.92 Å². The number of alkyl halides is 3. The van der Waals surface area contributed by atoms with Gasteiger partial charge in [-0.2, -0.15) is 13.2 Å². The molecule has 122 valence electrons. The Morgan fingerprint density at radius 2 is 1.81 bits per heavy atom. The molecule has 0 bridgehead atoms. The summed E-state index contributed by atoms with van der Waals surface area (Å²) >= 11 is 0. The number of urea groups is 1. The van der Waals surface area contributed by atoms with E-state index >= 15 is 0 Å². The first-order valence-corrected chi connectivity index (χ1v) is 6.73. The molecule has 2 N–H and O–H groups in total. The number of nitrogens with one attached hydrogen (secondary N) is 1. The summed E-state index contributed by atoms with van der Waals surface area (Å²) in [5, 5.41) is 11.3. The zero-order valence-corrected chi connectivity index (χ0v) is 11.8. The average Bonchev–Trinajstić information content (AvgIpc) is 2.37. The third-order valence-corrected chi connectivity index (χ3v) is 3.34. The molecule has 1 aliphatic heterocycles. The van der Waals surface area contributed by atoms with E-state index in [9.17, 15) is 22.8 Å². The van der Waals surface area contributed by atoms with E-state index in [1.54, 1.807) is 6.92 Å². The standard InChI is InChI=1S/C12H20F3N3O3/c1-9(10(19)20)2-3-16-11(21)18-6-4-17(5-7-18)8-12(13,14)15/h9H,2-8H2,1H3,(H,16,21)(H,19,20). The molecular formula is C12H20F3N3O3. The molecule has 1 saturated heterocycles. The number of rotatable bonds is 5. The van der Waals surface area contributed by atoms with E-state index in [4.69, 9.17) is 5.11 Å². The van der Waals surface area contributed by atoms with Gasteiger partial charge in [-0.15, -0.1) is 0 Å². The van der Waals surface area contributed by atoms with Crippen molar-refractivity contribution in [1.82, 2.24) is 15.1 Å². The lowest BCUT2D eigenvalue weighted by Gasteiger charge is -2.34. The minimum absolute atomic E-state index is 0.179. The molecule has 0 aromatic carbocycles. The first kappa shape index (κ1) is 17.5. The summed E-state index contributed by atoms with van der Waals surface area (Å²) in [4.78, 5) is 25.1. The number of halogens is 3. The van der Waals surface area contributed by atoms with Crippen LogP contribution in [0.1, 0.15) is 13.3 Å². The summed E-state index contributed by atoms with van der Waals surface area (Å²) in [6.07, 6.45) is -3.91. The third kappa shape index (κ3) is 6.65. The summed E-state index contributed by atoms with van der Waals surface area (Å²) < 4.78 is 36.7. The molecule has 0 aromatic rings. The minimum Gasteiger partial charge on any atom is -0.481 e. The molecule has 21 heavy (non-hydrogen) atoms. The van der Waals surface area contributed by atoms with Crippen molar-refractivity contribution in [2.75, 3.05) is 39.3 Å². The van der Waals surface area contributed by atoms with Gasteiger partial charge < -0.3 is 15.3 Å². The van der Waals surface area contributed by atoms with E-state index < -0.39 is 24.6 Å². The van der Waals surface area contributed by atoms with Crippen LogP contribution in [0, 0.1) is 5.92 Å². The number of piperazine rings is 1. The summed E-state index contributed by atoms with van der Waals surface area (Å²) in [5.74, 6) is -1.47. The van der Waals surface area contributed by atoms with Crippen LogP contribution in [-0.4, -0.2) is 72.4 Å². The van der Waals surface area contributed by atoms with Crippen molar-refractivity contribution in [3.8, 4) is 0 Å². The molecule has 1 fully saturated rings. The molecule has 2 amide bonds. The second-order valence-corrected chi connectivity index (χ2v) is 5.14. The van der Waals surface area contributed by atoms with Crippen LogP contribution in [0.4, 0.5) is 18.0 Å². The van der Waals surface area contributed by atoms with Crippen molar-refractivity contribution in [3.63, 3.8) is 0 Å². The second-order valence-electron chi connectivity index (χ2n) is 5.14. The maximum atomic E-state index is 12.2.